The van der Waals surface area contributed by atoms with Crippen molar-refractivity contribution in [2.45, 2.75) is 39.2 Å². The van der Waals surface area contributed by atoms with Gasteiger partial charge < -0.3 is 20.1 Å². The van der Waals surface area contributed by atoms with Gasteiger partial charge in [-0.15, -0.1) is 0 Å². The molecule has 2 rings (SSSR count). The number of hydrogen-bond acceptors (Lipinski definition) is 6. The average Bonchev–Trinajstić information content (AvgIpc) is 2.80. The molecule has 1 fully saturated rings. The Hall–Kier alpha value is -1.50. The van der Waals surface area contributed by atoms with E-state index in [1.807, 2.05) is 20.8 Å². The molecule has 1 saturated heterocycles. The second-order valence-electron chi connectivity index (χ2n) is 6.29. The lowest BCUT2D eigenvalue weighted by atomic mass is 9.98. The van der Waals surface area contributed by atoms with E-state index >= 15 is 0 Å². The van der Waals surface area contributed by atoms with E-state index in [0.29, 0.717) is 36.4 Å². The van der Waals surface area contributed by atoms with Crippen LogP contribution in [-0.2, 0) is 4.74 Å². The first-order chi connectivity index (χ1) is 9.85. The van der Waals surface area contributed by atoms with Gasteiger partial charge in [0.15, 0.2) is 0 Å². The van der Waals surface area contributed by atoms with Crippen molar-refractivity contribution in [3.05, 3.63) is 6.20 Å². The highest BCUT2D eigenvalue weighted by molar-refractivity contribution is 7.08. The summed E-state index contributed by atoms with van der Waals surface area (Å²) in [6.45, 7) is 7.68. The lowest BCUT2D eigenvalue weighted by Gasteiger charge is -2.33. The zero-order valence-electron chi connectivity index (χ0n) is 12.8. The van der Waals surface area contributed by atoms with Gasteiger partial charge in [-0.05, 0) is 39.5 Å². The van der Waals surface area contributed by atoms with Crippen molar-refractivity contribution in [1.82, 2.24) is 9.27 Å². The van der Waals surface area contributed by atoms with E-state index in [4.69, 9.17) is 15.2 Å². The summed E-state index contributed by atoms with van der Waals surface area (Å²) in [7, 11) is 0. The minimum atomic E-state index is -0.444. The maximum absolute atomic E-state index is 12.0. The largest absolute Gasteiger partial charge is 0.481 e. The number of hydrogen-bond donors (Lipinski definition) is 1. The van der Waals surface area contributed by atoms with Crippen molar-refractivity contribution in [2.75, 3.05) is 25.4 Å². The van der Waals surface area contributed by atoms with E-state index in [9.17, 15) is 4.79 Å². The van der Waals surface area contributed by atoms with E-state index in [2.05, 4.69) is 4.37 Å². The Kier molecular flexibility index (Phi) is 4.92. The number of nitrogens with two attached hydrogens (primary N) is 1. The number of anilines is 1. The first-order valence-corrected chi connectivity index (χ1v) is 7.93. The Morgan fingerprint density at radius 3 is 2.67 bits per heavy atom. The molecule has 6 nitrogen and oxygen atoms in total. The third-order valence-corrected chi connectivity index (χ3v) is 4.01. The van der Waals surface area contributed by atoms with E-state index in [-0.39, 0.29) is 6.09 Å². The van der Waals surface area contributed by atoms with Gasteiger partial charge in [-0.1, -0.05) is 0 Å². The third-order valence-electron chi connectivity index (χ3n) is 3.28. The molecular weight excluding hydrogens is 290 g/mol. The van der Waals surface area contributed by atoms with Crippen LogP contribution in [0.15, 0.2) is 6.20 Å². The van der Waals surface area contributed by atoms with Crippen LogP contribution in [0.3, 0.4) is 0 Å². The van der Waals surface area contributed by atoms with Crippen molar-refractivity contribution in [2.24, 2.45) is 5.92 Å². The molecule has 0 radical (unpaired) electrons. The highest BCUT2D eigenvalue weighted by Crippen LogP contribution is 2.27. The molecule has 1 aliphatic rings. The van der Waals surface area contributed by atoms with E-state index in [1.165, 1.54) is 11.5 Å². The van der Waals surface area contributed by atoms with Crippen LogP contribution < -0.4 is 10.5 Å². The number of nitrogens with zero attached hydrogens (tertiary/aromatic N) is 2. The van der Waals surface area contributed by atoms with Crippen molar-refractivity contribution in [1.29, 1.82) is 0 Å². The zero-order chi connectivity index (χ0) is 15.5. The standard InChI is InChI=1S/C14H23N3O3S/c1-14(2,3)20-13(18)17-6-4-10(5-7-17)9-19-12-11(15)8-16-21-12/h8,10H,4-7,9,15H2,1-3H3. The summed E-state index contributed by atoms with van der Waals surface area (Å²) in [6, 6.07) is 0. The molecule has 0 aliphatic carbocycles. The van der Waals surface area contributed by atoms with Crippen LogP contribution in [0.4, 0.5) is 10.5 Å². The lowest BCUT2D eigenvalue weighted by molar-refractivity contribution is 0.0166. The van der Waals surface area contributed by atoms with Gasteiger partial charge in [0, 0.05) is 24.6 Å². The van der Waals surface area contributed by atoms with Gasteiger partial charge in [-0.25, -0.2) is 4.79 Å². The molecule has 21 heavy (non-hydrogen) atoms. The van der Waals surface area contributed by atoms with Gasteiger partial charge in [-0.3, -0.25) is 0 Å². The fraction of sp³-hybridized carbons (Fsp3) is 0.714. The van der Waals surface area contributed by atoms with Crippen molar-refractivity contribution >= 4 is 23.3 Å². The molecular formula is C14H23N3O3S. The number of carbonyl (C=O) groups is 1. The first kappa shape index (κ1) is 15.9. The molecule has 0 saturated carbocycles. The van der Waals surface area contributed by atoms with Crippen LogP contribution in [0.2, 0.25) is 0 Å². The molecule has 0 spiro atoms. The molecule has 0 atom stereocenters. The van der Waals surface area contributed by atoms with Crippen molar-refractivity contribution in [3.63, 3.8) is 0 Å². The smallest absolute Gasteiger partial charge is 0.410 e. The summed E-state index contributed by atoms with van der Waals surface area (Å²) in [5.41, 5.74) is 5.88. The fourth-order valence-corrected chi connectivity index (χ4v) is 2.69. The fourth-order valence-electron chi connectivity index (χ4n) is 2.15. The summed E-state index contributed by atoms with van der Waals surface area (Å²) in [5.74, 6) is 0.435. The number of likely N-dealkylation sites (tertiary alicyclic amines) is 1. The maximum Gasteiger partial charge on any atom is 0.410 e. The van der Waals surface area contributed by atoms with Crippen LogP contribution in [0, 0.1) is 5.92 Å². The molecule has 1 aliphatic heterocycles. The Bertz CT molecular complexity index is 476. The van der Waals surface area contributed by atoms with E-state index < -0.39 is 5.60 Å². The maximum atomic E-state index is 12.0. The molecule has 1 aromatic rings. The number of rotatable bonds is 3. The predicted octanol–water partition coefficient (Wildman–Crippen LogP) is 2.75. The monoisotopic (exact) mass is 313 g/mol. The number of aromatic nitrogens is 1. The predicted molar refractivity (Wildman–Crippen MR) is 82.6 cm³/mol. The van der Waals surface area contributed by atoms with Gasteiger partial charge in [0.05, 0.1) is 12.8 Å². The van der Waals surface area contributed by atoms with Crippen LogP contribution in [0.1, 0.15) is 33.6 Å². The lowest BCUT2D eigenvalue weighted by Crippen LogP contribution is -2.42. The van der Waals surface area contributed by atoms with Gasteiger partial charge in [0.1, 0.15) is 11.3 Å². The number of nitrogen functional groups attached to an aromatic ring is 1. The summed E-state index contributed by atoms with van der Waals surface area (Å²) in [6.07, 6.45) is 3.20. The normalized spacial score (nSPS) is 16.8. The quantitative estimate of drug-likeness (QED) is 0.928. The van der Waals surface area contributed by atoms with Gasteiger partial charge in [0.25, 0.3) is 0 Å². The van der Waals surface area contributed by atoms with Crippen LogP contribution in [0.5, 0.6) is 5.06 Å². The highest BCUT2D eigenvalue weighted by atomic mass is 32.1. The topological polar surface area (TPSA) is 77.7 Å². The molecule has 2 N–H and O–H groups in total. The summed E-state index contributed by atoms with van der Waals surface area (Å²) >= 11 is 1.27. The van der Waals surface area contributed by atoms with Gasteiger partial charge >= 0.3 is 6.09 Å². The second kappa shape index (κ2) is 6.51. The Balaban J connectivity index is 1.73. The van der Waals surface area contributed by atoms with E-state index in [0.717, 1.165) is 12.8 Å². The zero-order valence-corrected chi connectivity index (χ0v) is 13.6. The van der Waals surface area contributed by atoms with Crippen molar-refractivity contribution in [3.8, 4) is 5.06 Å². The minimum absolute atomic E-state index is 0.228. The SMILES string of the molecule is CC(C)(C)OC(=O)N1CCC(COc2sncc2N)CC1. The molecule has 1 aromatic heterocycles. The number of carbonyl (C=O) groups excluding carboxylic acids is 1. The molecule has 2 heterocycles. The highest BCUT2D eigenvalue weighted by Gasteiger charge is 2.27. The molecule has 1 amide bonds. The molecule has 0 bridgehead atoms. The molecule has 7 heteroatoms. The number of amides is 1. The Morgan fingerprint density at radius 2 is 2.14 bits per heavy atom. The third kappa shape index (κ3) is 4.77. The molecule has 0 aromatic carbocycles. The van der Waals surface area contributed by atoms with Crippen LogP contribution >= 0.6 is 11.5 Å². The number of ether oxygens (including phenoxy) is 2. The summed E-state index contributed by atoms with van der Waals surface area (Å²) in [4.78, 5) is 13.7. The summed E-state index contributed by atoms with van der Waals surface area (Å²) < 4.78 is 15.0. The van der Waals surface area contributed by atoms with Gasteiger partial charge in [-0.2, -0.15) is 4.37 Å². The van der Waals surface area contributed by atoms with E-state index in [1.54, 1.807) is 11.1 Å². The second-order valence-corrected chi connectivity index (χ2v) is 7.05. The molecule has 0 unspecified atom stereocenters. The van der Waals surface area contributed by atoms with Crippen LogP contribution in [-0.4, -0.2) is 40.7 Å². The molecule has 118 valence electrons. The average molecular weight is 313 g/mol. The van der Waals surface area contributed by atoms with Gasteiger partial charge in [0.2, 0.25) is 5.06 Å². The number of piperidine rings is 1. The van der Waals surface area contributed by atoms with Crippen LogP contribution in [0.25, 0.3) is 0 Å². The minimum Gasteiger partial charge on any atom is -0.481 e. The summed E-state index contributed by atoms with van der Waals surface area (Å²) in [5, 5.41) is 0.685. The Morgan fingerprint density at radius 1 is 1.48 bits per heavy atom. The first-order valence-electron chi connectivity index (χ1n) is 7.16. The Labute approximate surface area is 129 Å². The van der Waals surface area contributed by atoms with Crippen molar-refractivity contribution < 1.29 is 14.3 Å².